The van der Waals surface area contributed by atoms with Crippen LogP contribution in [-0.4, -0.2) is 48.3 Å². The number of ether oxygens (including phenoxy) is 2. The lowest BCUT2D eigenvalue weighted by molar-refractivity contribution is 0.0525. The molecule has 1 aliphatic heterocycles. The monoisotopic (exact) mass is 346 g/mol. The predicted molar refractivity (Wildman–Crippen MR) is 93.1 cm³/mol. The van der Waals surface area contributed by atoms with Crippen LogP contribution in [0.25, 0.3) is 5.65 Å². The minimum Gasteiger partial charge on any atom is -0.462 e. The van der Waals surface area contributed by atoms with Crippen molar-refractivity contribution in [1.82, 2.24) is 9.38 Å². The van der Waals surface area contributed by atoms with Gasteiger partial charge in [-0.1, -0.05) is 0 Å². The van der Waals surface area contributed by atoms with Gasteiger partial charge in [0.15, 0.2) is 0 Å². The Morgan fingerprint density at radius 3 is 2.76 bits per heavy atom. The van der Waals surface area contributed by atoms with Crippen LogP contribution in [0.4, 0.5) is 5.82 Å². The van der Waals surface area contributed by atoms with Crippen molar-refractivity contribution in [3.63, 3.8) is 0 Å². The van der Waals surface area contributed by atoms with E-state index in [1.165, 1.54) is 16.7 Å². The van der Waals surface area contributed by atoms with E-state index >= 15 is 0 Å². The van der Waals surface area contributed by atoms with Gasteiger partial charge in [0.05, 0.1) is 25.4 Å². The molecule has 0 radical (unpaired) electrons. The summed E-state index contributed by atoms with van der Waals surface area (Å²) < 4.78 is 11.7. The Bertz CT molecular complexity index is 840. The average Bonchev–Trinajstić information content (AvgIpc) is 2.61. The number of hydrogen-bond donors (Lipinski definition) is 1. The van der Waals surface area contributed by atoms with Gasteiger partial charge in [0.2, 0.25) is 0 Å². The molecule has 1 aliphatic rings. The Balaban J connectivity index is 2.16. The van der Waals surface area contributed by atoms with Crippen LogP contribution in [0, 0.1) is 0 Å². The van der Waals surface area contributed by atoms with Gasteiger partial charge in [0.25, 0.3) is 5.56 Å². The topological polar surface area (TPSA) is 99.2 Å². The van der Waals surface area contributed by atoms with Crippen molar-refractivity contribution in [1.29, 1.82) is 0 Å². The molecule has 1 atom stereocenters. The summed E-state index contributed by atoms with van der Waals surface area (Å²) in [4.78, 5) is 31.3. The largest absolute Gasteiger partial charge is 0.462 e. The summed E-state index contributed by atoms with van der Waals surface area (Å²) >= 11 is 0. The van der Waals surface area contributed by atoms with E-state index in [9.17, 15) is 9.59 Å². The molecule has 2 aromatic rings. The van der Waals surface area contributed by atoms with Gasteiger partial charge in [-0.25, -0.2) is 9.78 Å². The first-order valence-corrected chi connectivity index (χ1v) is 8.34. The molecule has 2 aromatic heterocycles. The highest BCUT2D eigenvalue weighted by Gasteiger charge is 2.19. The first-order chi connectivity index (χ1) is 12.0. The van der Waals surface area contributed by atoms with E-state index in [-0.39, 0.29) is 17.7 Å². The molecule has 134 valence electrons. The Labute approximate surface area is 145 Å². The molecule has 1 fully saturated rings. The van der Waals surface area contributed by atoms with Gasteiger partial charge in [-0.05, 0) is 19.9 Å². The zero-order chi connectivity index (χ0) is 18.0. The Morgan fingerprint density at radius 1 is 1.40 bits per heavy atom. The van der Waals surface area contributed by atoms with Crippen molar-refractivity contribution in [3.05, 3.63) is 39.8 Å². The van der Waals surface area contributed by atoms with Crippen LogP contribution in [0.1, 0.15) is 35.8 Å². The van der Waals surface area contributed by atoms with Gasteiger partial charge in [-0.15, -0.1) is 0 Å². The molecule has 8 nitrogen and oxygen atoms in total. The smallest absolute Gasteiger partial charge is 0.339 e. The number of anilines is 1. The third-order valence-corrected chi connectivity index (χ3v) is 4.11. The molecule has 0 unspecified atom stereocenters. The van der Waals surface area contributed by atoms with Crippen LogP contribution < -0.4 is 16.2 Å². The molecule has 2 N–H and O–H groups in total. The van der Waals surface area contributed by atoms with Gasteiger partial charge in [-0.2, -0.15) is 0 Å². The number of rotatable bonds is 4. The molecular formula is C17H22N4O4. The van der Waals surface area contributed by atoms with Crippen LogP contribution >= 0.6 is 0 Å². The zero-order valence-corrected chi connectivity index (χ0v) is 14.4. The quantitative estimate of drug-likeness (QED) is 0.815. The summed E-state index contributed by atoms with van der Waals surface area (Å²) in [5.74, 6) is 0.106. The van der Waals surface area contributed by atoms with Crippen LogP contribution in [0.5, 0.6) is 0 Å². The minimum atomic E-state index is -0.490. The van der Waals surface area contributed by atoms with Crippen LogP contribution in [0.15, 0.2) is 23.1 Å². The van der Waals surface area contributed by atoms with E-state index in [1.54, 1.807) is 19.9 Å². The fourth-order valence-corrected chi connectivity index (χ4v) is 2.83. The van der Waals surface area contributed by atoms with Crippen molar-refractivity contribution in [2.45, 2.75) is 19.9 Å². The zero-order valence-electron chi connectivity index (χ0n) is 14.4. The van der Waals surface area contributed by atoms with Crippen molar-refractivity contribution in [2.24, 2.45) is 5.73 Å². The maximum absolute atomic E-state index is 12.6. The van der Waals surface area contributed by atoms with E-state index < -0.39 is 12.0 Å². The fraction of sp³-hybridized carbons (Fsp3) is 0.471. The normalized spacial score (nSPS) is 16.0. The Morgan fingerprint density at radius 2 is 2.12 bits per heavy atom. The fourth-order valence-electron chi connectivity index (χ4n) is 2.83. The Hall–Kier alpha value is -2.45. The van der Waals surface area contributed by atoms with Gasteiger partial charge < -0.3 is 20.1 Å². The number of carbonyl (C=O) groups is 1. The van der Waals surface area contributed by atoms with E-state index in [0.717, 1.165) is 0 Å². The molecule has 3 rings (SSSR count). The molecule has 1 saturated heterocycles. The number of carbonyl (C=O) groups excluding carboxylic acids is 1. The molecular weight excluding hydrogens is 324 g/mol. The Kier molecular flexibility index (Phi) is 5.00. The lowest BCUT2D eigenvalue weighted by Gasteiger charge is -2.28. The number of fused-ring (bicyclic) bond motifs is 1. The average molecular weight is 346 g/mol. The maximum atomic E-state index is 12.6. The molecule has 0 bridgehead atoms. The number of nitrogens with two attached hydrogens (primary N) is 1. The number of morpholine rings is 1. The summed E-state index contributed by atoms with van der Waals surface area (Å²) in [6.07, 6.45) is 1.46. The second kappa shape index (κ2) is 7.20. The highest BCUT2D eigenvalue weighted by molar-refractivity contribution is 5.90. The van der Waals surface area contributed by atoms with E-state index in [0.29, 0.717) is 43.3 Å². The third kappa shape index (κ3) is 3.49. The summed E-state index contributed by atoms with van der Waals surface area (Å²) in [5.41, 5.74) is 7.16. The van der Waals surface area contributed by atoms with E-state index in [1.807, 2.05) is 4.90 Å². The summed E-state index contributed by atoms with van der Waals surface area (Å²) in [5, 5.41) is 0. The first kappa shape index (κ1) is 17.4. The van der Waals surface area contributed by atoms with Crippen molar-refractivity contribution >= 4 is 17.4 Å². The highest BCUT2D eigenvalue weighted by Crippen LogP contribution is 2.20. The molecule has 0 spiro atoms. The highest BCUT2D eigenvalue weighted by atomic mass is 16.5. The molecule has 0 aliphatic carbocycles. The maximum Gasteiger partial charge on any atom is 0.339 e. The standard InChI is InChI=1S/C17H22N4O4/c1-3-25-17(23)12-8-13(11(2)18)16-19-14(9-15(22)21(16)10-12)20-4-6-24-7-5-20/h8-11H,3-7,18H2,1-2H3/t11-/m1/s1. The second-order valence-corrected chi connectivity index (χ2v) is 5.94. The number of pyridine rings is 1. The first-order valence-electron chi connectivity index (χ1n) is 8.34. The molecule has 25 heavy (non-hydrogen) atoms. The van der Waals surface area contributed by atoms with Crippen molar-refractivity contribution < 1.29 is 14.3 Å². The van der Waals surface area contributed by atoms with E-state index in [2.05, 4.69) is 4.98 Å². The molecule has 0 saturated carbocycles. The van der Waals surface area contributed by atoms with Crippen LogP contribution in [0.2, 0.25) is 0 Å². The third-order valence-electron chi connectivity index (χ3n) is 4.11. The van der Waals surface area contributed by atoms with Gasteiger partial charge in [-0.3, -0.25) is 9.20 Å². The number of esters is 1. The number of hydrogen-bond acceptors (Lipinski definition) is 7. The summed E-state index contributed by atoms with van der Waals surface area (Å²) in [6.45, 7) is 6.33. The summed E-state index contributed by atoms with van der Waals surface area (Å²) in [6, 6.07) is 2.72. The van der Waals surface area contributed by atoms with Crippen molar-refractivity contribution in [2.75, 3.05) is 37.8 Å². The molecule has 3 heterocycles. The van der Waals surface area contributed by atoms with Crippen molar-refractivity contribution in [3.8, 4) is 0 Å². The van der Waals surface area contributed by atoms with Crippen LogP contribution in [-0.2, 0) is 9.47 Å². The SMILES string of the molecule is CCOC(=O)c1cc([C@@H](C)N)c2nc(N3CCOCC3)cc(=O)n2c1. The lowest BCUT2D eigenvalue weighted by atomic mass is 10.1. The molecule has 8 heteroatoms. The van der Waals surface area contributed by atoms with Crippen LogP contribution in [0.3, 0.4) is 0 Å². The number of nitrogens with zero attached hydrogens (tertiary/aromatic N) is 3. The predicted octanol–water partition coefficient (Wildman–Crippen LogP) is 0.728. The second-order valence-electron chi connectivity index (χ2n) is 5.94. The number of aromatic nitrogens is 2. The lowest BCUT2D eigenvalue weighted by Crippen LogP contribution is -2.37. The summed E-state index contributed by atoms with van der Waals surface area (Å²) in [7, 11) is 0. The van der Waals surface area contributed by atoms with Gasteiger partial charge in [0, 0.05) is 37.0 Å². The molecule has 0 amide bonds. The molecule has 0 aromatic carbocycles. The van der Waals surface area contributed by atoms with E-state index in [4.69, 9.17) is 15.2 Å². The van der Waals surface area contributed by atoms with Gasteiger partial charge in [0.1, 0.15) is 11.5 Å². The van der Waals surface area contributed by atoms with Gasteiger partial charge >= 0.3 is 5.97 Å². The minimum absolute atomic E-state index is 0.257.